The molecule has 98 valence electrons. The first kappa shape index (κ1) is 14.6. The number of carbonyl (C=O) groups is 2. The number of hydrogen-bond donors (Lipinski definition) is 1. The van der Waals surface area contributed by atoms with E-state index in [0.29, 0.717) is 5.75 Å². The van der Waals surface area contributed by atoms with Crippen LogP contribution in [-0.4, -0.2) is 35.5 Å². The summed E-state index contributed by atoms with van der Waals surface area (Å²) >= 11 is 1.43. The number of carboxylic acids is 1. The number of thioether (sulfide) groups is 1. The van der Waals surface area contributed by atoms with Crippen molar-refractivity contribution in [1.29, 1.82) is 0 Å². The highest BCUT2D eigenvalue weighted by molar-refractivity contribution is 7.99. The van der Waals surface area contributed by atoms with Gasteiger partial charge in [0.05, 0.1) is 12.2 Å². The van der Waals surface area contributed by atoms with E-state index in [9.17, 15) is 9.59 Å². The van der Waals surface area contributed by atoms with Crippen molar-refractivity contribution < 1.29 is 14.7 Å². The molecule has 4 nitrogen and oxygen atoms in total. The Labute approximate surface area is 111 Å². The maximum Gasteiger partial charge on any atom is 0.305 e. The zero-order chi connectivity index (χ0) is 13.5. The number of hydrogen-bond acceptors (Lipinski definition) is 3. The number of nitrogens with zero attached hydrogens (tertiary/aromatic N) is 1. The average molecular weight is 267 g/mol. The Morgan fingerprint density at radius 3 is 2.56 bits per heavy atom. The molecule has 1 aromatic carbocycles. The second-order valence-electron chi connectivity index (χ2n) is 3.91. The molecule has 1 N–H and O–H groups in total. The first-order valence-corrected chi connectivity index (χ1v) is 7.02. The van der Waals surface area contributed by atoms with Crippen molar-refractivity contribution in [2.45, 2.75) is 13.3 Å². The molecule has 1 rings (SSSR count). The van der Waals surface area contributed by atoms with Gasteiger partial charge < -0.3 is 10.0 Å². The van der Waals surface area contributed by atoms with Crippen molar-refractivity contribution in [3.8, 4) is 0 Å². The van der Waals surface area contributed by atoms with Gasteiger partial charge in [-0.1, -0.05) is 18.2 Å². The fourth-order valence-corrected chi connectivity index (χ4v) is 2.06. The number of para-hydroxylation sites is 1. The minimum absolute atomic E-state index is 0.0472. The highest BCUT2D eigenvalue weighted by Crippen LogP contribution is 2.20. The Balaban J connectivity index is 2.93. The van der Waals surface area contributed by atoms with E-state index in [4.69, 9.17) is 5.11 Å². The number of carbonyl (C=O) groups excluding carboxylic acids is 1. The van der Waals surface area contributed by atoms with E-state index in [1.807, 2.05) is 37.4 Å². The minimum Gasteiger partial charge on any atom is -0.481 e. The third-order valence-electron chi connectivity index (χ3n) is 2.52. The second kappa shape index (κ2) is 7.06. The topological polar surface area (TPSA) is 57.6 Å². The maximum atomic E-state index is 12.0. The van der Waals surface area contributed by atoms with Crippen molar-refractivity contribution in [2.24, 2.45) is 0 Å². The Morgan fingerprint density at radius 1 is 1.33 bits per heavy atom. The SMILES string of the molecule is CSCC(=O)N(CCC(=O)O)c1ccccc1C. The van der Waals surface area contributed by atoms with Crippen LogP contribution in [-0.2, 0) is 9.59 Å². The van der Waals surface area contributed by atoms with E-state index in [2.05, 4.69) is 0 Å². The van der Waals surface area contributed by atoms with Crippen LogP contribution in [0.1, 0.15) is 12.0 Å². The summed E-state index contributed by atoms with van der Waals surface area (Å²) in [6.45, 7) is 2.12. The first-order chi connectivity index (χ1) is 8.56. The number of anilines is 1. The van der Waals surface area contributed by atoms with Crippen LogP contribution in [0.15, 0.2) is 24.3 Å². The normalized spacial score (nSPS) is 10.1. The van der Waals surface area contributed by atoms with Crippen molar-refractivity contribution in [3.05, 3.63) is 29.8 Å². The van der Waals surface area contributed by atoms with Gasteiger partial charge in [-0.3, -0.25) is 9.59 Å². The smallest absolute Gasteiger partial charge is 0.305 e. The third-order valence-corrected chi connectivity index (χ3v) is 3.06. The molecule has 0 bridgehead atoms. The molecule has 0 aromatic heterocycles. The minimum atomic E-state index is -0.898. The zero-order valence-corrected chi connectivity index (χ0v) is 11.4. The molecule has 0 spiro atoms. The monoisotopic (exact) mass is 267 g/mol. The number of benzene rings is 1. The van der Waals surface area contributed by atoms with Gasteiger partial charge >= 0.3 is 5.97 Å². The Bertz CT molecular complexity index is 434. The number of rotatable bonds is 6. The molecule has 0 fully saturated rings. The summed E-state index contributed by atoms with van der Waals surface area (Å²) in [5, 5.41) is 8.75. The Kier molecular flexibility index (Phi) is 5.71. The van der Waals surface area contributed by atoms with Gasteiger partial charge in [0.25, 0.3) is 0 Å². The van der Waals surface area contributed by atoms with Gasteiger partial charge in [-0.25, -0.2) is 0 Å². The standard InChI is InChI=1S/C13H17NO3S/c1-10-5-3-4-6-11(10)14(8-7-13(16)17)12(15)9-18-2/h3-6H,7-9H2,1-2H3,(H,16,17). The Morgan fingerprint density at radius 2 is 2.00 bits per heavy atom. The molecule has 1 aromatic rings. The summed E-state index contributed by atoms with van der Waals surface area (Å²) in [6.07, 6.45) is 1.81. The number of aryl methyl sites for hydroxylation is 1. The number of aliphatic carboxylic acids is 1. The summed E-state index contributed by atoms with van der Waals surface area (Å²) < 4.78 is 0. The van der Waals surface area contributed by atoms with Crippen LogP contribution in [0.25, 0.3) is 0 Å². The molecule has 0 aliphatic rings. The molecular formula is C13H17NO3S. The molecule has 0 aliphatic heterocycles. The fourth-order valence-electron chi connectivity index (χ4n) is 1.65. The van der Waals surface area contributed by atoms with Crippen molar-refractivity contribution in [3.63, 3.8) is 0 Å². The van der Waals surface area contributed by atoms with Crippen LogP contribution in [0.2, 0.25) is 0 Å². The number of amides is 1. The number of carboxylic acid groups (broad SMARTS) is 1. The van der Waals surface area contributed by atoms with Crippen molar-refractivity contribution >= 4 is 29.3 Å². The highest BCUT2D eigenvalue weighted by atomic mass is 32.2. The maximum absolute atomic E-state index is 12.0. The molecular weight excluding hydrogens is 250 g/mol. The van der Waals surface area contributed by atoms with E-state index in [1.165, 1.54) is 11.8 Å². The summed E-state index contributed by atoms with van der Waals surface area (Å²) in [7, 11) is 0. The summed E-state index contributed by atoms with van der Waals surface area (Å²) in [5.41, 5.74) is 1.76. The van der Waals surface area contributed by atoms with E-state index < -0.39 is 5.97 Å². The van der Waals surface area contributed by atoms with Gasteiger partial charge in [0, 0.05) is 12.2 Å². The lowest BCUT2D eigenvalue weighted by molar-refractivity contribution is -0.136. The molecule has 0 aliphatic carbocycles. The molecule has 0 saturated carbocycles. The molecule has 0 atom stereocenters. The van der Waals surface area contributed by atoms with Crippen LogP contribution >= 0.6 is 11.8 Å². The molecule has 0 saturated heterocycles. The average Bonchev–Trinajstić information content (AvgIpc) is 2.31. The molecule has 1 amide bonds. The summed E-state index contributed by atoms with van der Waals surface area (Å²) in [6, 6.07) is 7.50. The Hall–Kier alpha value is -1.49. The predicted octanol–water partition coefficient (Wildman–Crippen LogP) is 2.17. The van der Waals surface area contributed by atoms with Gasteiger partial charge in [0.1, 0.15) is 0 Å². The fraction of sp³-hybridized carbons (Fsp3) is 0.385. The van der Waals surface area contributed by atoms with Crippen LogP contribution in [0, 0.1) is 6.92 Å². The molecule has 0 unspecified atom stereocenters. The summed E-state index contributed by atoms with van der Waals surface area (Å²) in [5.74, 6) is -0.600. The lowest BCUT2D eigenvalue weighted by Crippen LogP contribution is -2.34. The van der Waals surface area contributed by atoms with Gasteiger partial charge in [0.2, 0.25) is 5.91 Å². The van der Waals surface area contributed by atoms with Gasteiger partial charge in [0.15, 0.2) is 0 Å². The molecule has 0 heterocycles. The van der Waals surface area contributed by atoms with E-state index >= 15 is 0 Å². The highest BCUT2D eigenvalue weighted by Gasteiger charge is 2.17. The van der Waals surface area contributed by atoms with Crippen LogP contribution in [0.3, 0.4) is 0 Å². The van der Waals surface area contributed by atoms with E-state index in [0.717, 1.165) is 11.3 Å². The molecule has 5 heteroatoms. The second-order valence-corrected chi connectivity index (χ2v) is 4.77. The van der Waals surface area contributed by atoms with Gasteiger partial charge in [-0.05, 0) is 24.8 Å². The quantitative estimate of drug-likeness (QED) is 0.858. The third kappa shape index (κ3) is 4.07. The van der Waals surface area contributed by atoms with Gasteiger partial charge in [-0.15, -0.1) is 0 Å². The van der Waals surface area contributed by atoms with Crippen LogP contribution in [0.5, 0.6) is 0 Å². The molecule has 0 radical (unpaired) electrons. The summed E-state index contributed by atoms with van der Waals surface area (Å²) in [4.78, 5) is 24.2. The van der Waals surface area contributed by atoms with Crippen LogP contribution in [0.4, 0.5) is 5.69 Å². The molecule has 18 heavy (non-hydrogen) atoms. The van der Waals surface area contributed by atoms with Crippen molar-refractivity contribution in [2.75, 3.05) is 23.5 Å². The predicted molar refractivity (Wildman–Crippen MR) is 74.2 cm³/mol. The van der Waals surface area contributed by atoms with E-state index in [-0.39, 0.29) is 18.9 Å². The van der Waals surface area contributed by atoms with E-state index in [1.54, 1.807) is 4.90 Å². The first-order valence-electron chi connectivity index (χ1n) is 5.63. The largest absolute Gasteiger partial charge is 0.481 e. The lowest BCUT2D eigenvalue weighted by Gasteiger charge is -2.23. The zero-order valence-electron chi connectivity index (χ0n) is 10.5. The van der Waals surface area contributed by atoms with Crippen LogP contribution < -0.4 is 4.90 Å². The van der Waals surface area contributed by atoms with Gasteiger partial charge in [-0.2, -0.15) is 11.8 Å². The lowest BCUT2D eigenvalue weighted by atomic mass is 10.1. The van der Waals surface area contributed by atoms with Crippen molar-refractivity contribution in [1.82, 2.24) is 0 Å².